The van der Waals surface area contributed by atoms with Crippen molar-refractivity contribution in [1.82, 2.24) is 15.0 Å². The highest BCUT2D eigenvalue weighted by atomic mass is 35.5. The van der Waals surface area contributed by atoms with Gasteiger partial charge in [0, 0.05) is 12.4 Å². The monoisotopic (exact) mass is 311 g/mol. The van der Waals surface area contributed by atoms with Gasteiger partial charge >= 0.3 is 5.97 Å². The molecule has 0 fully saturated rings. The van der Waals surface area contributed by atoms with E-state index in [-0.39, 0.29) is 27.0 Å². The molecule has 0 saturated heterocycles. The van der Waals surface area contributed by atoms with E-state index < -0.39 is 17.4 Å². The number of rotatable bonds is 3. The number of halogens is 2. The van der Waals surface area contributed by atoms with Crippen LogP contribution >= 0.6 is 23.2 Å². The van der Waals surface area contributed by atoms with Gasteiger partial charge in [0.1, 0.15) is 11.4 Å². The van der Waals surface area contributed by atoms with Crippen LogP contribution < -0.4 is 0 Å². The van der Waals surface area contributed by atoms with Gasteiger partial charge < -0.3 is 5.11 Å². The van der Waals surface area contributed by atoms with Gasteiger partial charge in [-0.3, -0.25) is 9.78 Å². The zero-order valence-electron chi connectivity index (χ0n) is 10.1. The van der Waals surface area contributed by atoms with Crippen molar-refractivity contribution in [2.24, 2.45) is 0 Å². The summed E-state index contributed by atoms with van der Waals surface area (Å²) in [5, 5.41) is 8.79. The maximum Gasteiger partial charge on any atom is 0.356 e. The Kier molecular flexibility index (Phi) is 3.96. The largest absolute Gasteiger partial charge is 0.476 e. The highest BCUT2D eigenvalue weighted by Crippen LogP contribution is 2.30. The molecule has 0 spiro atoms. The quantitative estimate of drug-likeness (QED) is 0.875. The van der Waals surface area contributed by atoms with Crippen molar-refractivity contribution in [2.45, 2.75) is 6.92 Å². The van der Waals surface area contributed by atoms with Crippen LogP contribution in [0.15, 0.2) is 18.6 Å². The molecule has 0 saturated carbocycles. The summed E-state index contributed by atoms with van der Waals surface area (Å²) in [6, 6.07) is 0. The smallest absolute Gasteiger partial charge is 0.356 e. The van der Waals surface area contributed by atoms with Crippen LogP contribution in [0.5, 0.6) is 0 Å². The van der Waals surface area contributed by atoms with Gasteiger partial charge in [-0.2, -0.15) is 0 Å². The van der Waals surface area contributed by atoms with E-state index >= 15 is 0 Å². The summed E-state index contributed by atoms with van der Waals surface area (Å²) in [4.78, 5) is 34.7. The van der Waals surface area contributed by atoms with Gasteiger partial charge in [-0.05, 0) is 12.5 Å². The molecule has 0 unspecified atom stereocenters. The van der Waals surface area contributed by atoms with Gasteiger partial charge in [-0.25, -0.2) is 14.8 Å². The normalized spacial score (nSPS) is 10.3. The zero-order valence-corrected chi connectivity index (χ0v) is 11.6. The van der Waals surface area contributed by atoms with Crippen LogP contribution in [0.4, 0.5) is 0 Å². The molecular formula is C12H7Cl2N3O3. The van der Waals surface area contributed by atoms with Crippen LogP contribution in [0.3, 0.4) is 0 Å². The summed E-state index contributed by atoms with van der Waals surface area (Å²) in [6.07, 6.45) is 4.01. The highest BCUT2D eigenvalue weighted by molar-refractivity contribution is 6.44. The number of carboxylic acids is 1. The van der Waals surface area contributed by atoms with Gasteiger partial charge in [-0.15, -0.1) is 0 Å². The summed E-state index contributed by atoms with van der Waals surface area (Å²) < 4.78 is 0. The highest BCUT2D eigenvalue weighted by Gasteiger charge is 2.24. The summed E-state index contributed by atoms with van der Waals surface area (Å²) in [5.74, 6) is -1.94. The second-order valence-electron chi connectivity index (χ2n) is 3.79. The first kappa shape index (κ1) is 14.4. The molecule has 1 N–H and O–H groups in total. The van der Waals surface area contributed by atoms with E-state index in [0.717, 1.165) is 0 Å². The lowest BCUT2D eigenvalue weighted by atomic mass is 10.1. The van der Waals surface area contributed by atoms with Gasteiger partial charge in [0.15, 0.2) is 5.69 Å². The predicted octanol–water partition coefficient (Wildman–Crippen LogP) is 2.42. The first-order chi connectivity index (χ1) is 9.43. The minimum absolute atomic E-state index is 0.0219. The van der Waals surface area contributed by atoms with E-state index in [1.54, 1.807) is 0 Å². The number of hydrogen-bond acceptors (Lipinski definition) is 5. The number of aromatic carboxylic acids is 1. The third-order valence-electron chi connectivity index (χ3n) is 2.52. The summed E-state index contributed by atoms with van der Waals surface area (Å²) in [7, 11) is 0. The lowest BCUT2D eigenvalue weighted by Gasteiger charge is -2.09. The van der Waals surface area contributed by atoms with Crippen LogP contribution in [0.1, 0.15) is 32.2 Å². The van der Waals surface area contributed by atoms with Crippen molar-refractivity contribution in [3.05, 3.63) is 51.3 Å². The van der Waals surface area contributed by atoms with Crippen LogP contribution in [0, 0.1) is 6.92 Å². The van der Waals surface area contributed by atoms with Crippen LogP contribution in [0.25, 0.3) is 0 Å². The van der Waals surface area contributed by atoms with Crippen molar-refractivity contribution in [1.29, 1.82) is 0 Å². The fourth-order valence-corrected chi connectivity index (χ4v) is 1.96. The Hall–Kier alpha value is -2.05. The van der Waals surface area contributed by atoms with E-state index in [9.17, 15) is 9.59 Å². The molecular weight excluding hydrogens is 305 g/mol. The molecule has 0 aromatic carbocycles. The number of carbonyl (C=O) groups is 2. The Morgan fingerprint density at radius 1 is 1.15 bits per heavy atom. The third kappa shape index (κ3) is 2.48. The van der Waals surface area contributed by atoms with Gasteiger partial charge in [0.05, 0.1) is 16.2 Å². The molecule has 2 heterocycles. The van der Waals surface area contributed by atoms with E-state index in [0.29, 0.717) is 0 Å². The molecule has 0 atom stereocenters. The third-order valence-corrected chi connectivity index (χ3v) is 3.46. The van der Waals surface area contributed by atoms with E-state index in [2.05, 4.69) is 15.0 Å². The molecule has 2 aromatic heterocycles. The molecule has 0 radical (unpaired) electrons. The Morgan fingerprint density at radius 2 is 1.85 bits per heavy atom. The fourth-order valence-electron chi connectivity index (χ4n) is 1.52. The first-order valence-corrected chi connectivity index (χ1v) is 6.08. The molecule has 6 nitrogen and oxygen atoms in total. The average Bonchev–Trinajstić information content (AvgIpc) is 2.45. The molecule has 2 rings (SSSR count). The van der Waals surface area contributed by atoms with E-state index in [1.807, 2.05) is 0 Å². The van der Waals surface area contributed by atoms with Crippen molar-refractivity contribution >= 4 is 35.0 Å². The topological polar surface area (TPSA) is 93.0 Å². The predicted molar refractivity (Wildman–Crippen MR) is 71.4 cm³/mol. The molecule has 2 aromatic rings. The standard InChI is InChI=1S/C12H7Cl2N3O3/c1-5-7(13)8(14)10(12(19)20)17-9(5)11(18)6-4-15-2-3-16-6/h2-4H,1H3,(H,19,20). The SMILES string of the molecule is Cc1c(C(=O)c2cnccn2)nc(C(=O)O)c(Cl)c1Cl. The van der Waals surface area contributed by atoms with Crippen LogP contribution in [0.2, 0.25) is 10.0 Å². The van der Waals surface area contributed by atoms with Crippen molar-refractivity contribution in [2.75, 3.05) is 0 Å². The number of ketones is 1. The molecule has 0 aliphatic heterocycles. The fraction of sp³-hybridized carbons (Fsp3) is 0.0833. The van der Waals surface area contributed by atoms with Crippen molar-refractivity contribution in [3.8, 4) is 0 Å². The molecule has 0 bridgehead atoms. The second-order valence-corrected chi connectivity index (χ2v) is 4.54. The molecule has 102 valence electrons. The molecule has 0 aliphatic rings. The van der Waals surface area contributed by atoms with Crippen LogP contribution in [-0.4, -0.2) is 31.8 Å². The molecule has 20 heavy (non-hydrogen) atoms. The van der Waals surface area contributed by atoms with Crippen molar-refractivity contribution in [3.63, 3.8) is 0 Å². The summed E-state index contributed by atoms with van der Waals surface area (Å²) >= 11 is 11.7. The van der Waals surface area contributed by atoms with Gasteiger partial charge in [-0.1, -0.05) is 23.2 Å². The Bertz CT molecular complexity index is 705. The van der Waals surface area contributed by atoms with E-state index in [4.69, 9.17) is 28.3 Å². The number of carboxylic acid groups (broad SMARTS) is 1. The average molecular weight is 312 g/mol. The van der Waals surface area contributed by atoms with Gasteiger partial charge in [0.2, 0.25) is 5.78 Å². The number of aromatic nitrogens is 3. The number of carbonyl (C=O) groups excluding carboxylic acids is 1. The van der Waals surface area contributed by atoms with Crippen LogP contribution in [-0.2, 0) is 0 Å². The maximum atomic E-state index is 12.2. The minimum atomic E-state index is -1.37. The lowest BCUT2D eigenvalue weighted by Crippen LogP contribution is -2.13. The van der Waals surface area contributed by atoms with E-state index in [1.165, 1.54) is 25.5 Å². The number of nitrogens with zero attached hydrogens (tertiary/aromatic N) is 3. The number of pyridine rings is 1. The second kappa shape index (κ2) is 5.52. The molecule has 0 aliphatic carbocycles. The zero-order chi connectivity index (χ0) is 14.9. The molecule has 8 heteroatoms. The Balaban J connectivity index is 2.63. The maximum absolute atomic E-state index is 12.2. The van der Waals surface area contributed by atoms with Crippen molar-refractivity contribution < 1.29 is 14.7 Å². The Morgan fingerprint density at radius 3 is 2.40 bits per heavy atom. The summed E-state index contributed by atoms with van der Waals surface area (Å²) in [6.45, 7) is 1.52. The number of hydrogen-bond donors (Lipinski definition) is 1. The minimum Gasteiger partial charge on any atom is -0.476 e. The summed E-state index contributed by atoms with van der Waals surface area (Å²) in [5.41, 5.74) is -0.262. The van der Waals surface area contributed by atoms with Gasteiger partial charge in [0.25, 0.3) is 0 Å². The molecule has 0 amide bonds. The lowest BCUT2D eigenvalue weighted by molar-refractivity contribution is 0.0690. The first-order valence-electron chi connectivity index (χ1n) is 5.33. The Labute approximate surface area is 123 Å².